The smallest absolute Gasteiger partial charge is 0.279 e. The van der Waals surface area contributed by atoms with Gasteiger partial charge in [-0.25, -0.2) is 0 Å². The molecule has 2 aromatic rings. The van der Waals surface area contributed by atoms with Gasteiger partial charge < -0.3 is 15.1 Å². The molecule has 1 saturated heterocycles. The predicted octanol–water partition coefficient (Wildman–Crippen LogP) is 2.25. The molecule has 142 valence electrons. The van der Waals surface area contributed by atoms with Crippen LogP contribution in [-0.4, -0.2) is 43.6 Å². The van der Waals surface area contributed by atoms with Crippen molar-refractivity contribution >= 4 is 46.2 Å². The first-order chi connectivity index (χ1) is 12.9. The van der Waals surface area contributed by atoms with E-state index in [-0.39, 0.29) is 16.6 Å². The Morgan fingerprint density at radius 2 is 1.93 bits per heavy atom. The first-order valence-corrected chi connectivity index (χ1v) is 9.26. The van der Waals surface area contributed by atoms with Crippen molar-refractivity contribution in [3.63, 3.8) is 0 Å². The third-order valence-electron chi connectivity index (χ3n) is 4.49. The molecule has 1 aliphatic rings. The van der Waals surface area contributed by atoms with Gasteiger partial charge in [0.25, 0.3) is 11.6 Å². The number of carbonyl (C=O) groups is 1. The standard InChI is InChI=1S/C18H18Cl2N4O3/c19-13-2-1-3-14(10-13)23-8-6-22(7-9-23)12-18(25)21-17-5-4-15(24(26)27)11-16(17)20/h1-5,10-11H,6-9,12H2,(H,21,25)/p+1. The summed E-state index contributed by atoms with van der Waals surface area (Å²) in [6, 6.07) is 11.7. The lowest BCUT2D eigenvalue weighted by Gasteiger charge is -2.33. The van der Waals surface area contributed by atoms with E-state index in [9.17, 15) is 14.9 Å². The van der Waals surface area contributed by atoms with Crippen molar-refractivity contribution in [2.24, 2.45) is 0 Å². The molecule has 0 radical (unpaired) electrons. The van der Waals surface area contributed by atoms with Crippen LogP contribution in [0.15, 0.2) is 42.5 Å². The Balaban J connectivity index is 1.52. The number of carbonyl (C=O) groups excluding carboxylic acids is 1. The number of rotatable bonds is 5. The number of amides is 1. The minimum absolute atomic E-state index is 0.110. The number of hydrogen-bond donors (Lipinski definition) is 2. The van der Waals surface area contributed by atoms with Crippen molar-refractivity contribution in [1.82, 2.24) is 0 Å². The van der Waals surface area contributed by atoms with Crippen LogP contribution < -0.4 is 15.1 Å². The van der Waals surface area contributed by atoms with Crippen LogP contribution >= 0.6 is 23.2 Å². The Morgan fingerprint density at radius 3 is 2.56 bits per heavy atom. The van der Waals surface area contributed by atoms with Gasteiger partial charge in [0.05, 0.1) is 41.8 Å². The fourth-order valence-electron chi connectivity index (χ4n) is 3.07. The van der Waals surface area contributed by atoms with Crippen molar-refractivity contribution in [2.75, 3.05) is 42.9 Å². The first kappa shape index (κ1) is 19.4. The van der Waals surface area contributed by atoms with Gasteiger partial charge in [-0.05, 0) is 24.3 Å². The number of benzene rings is 2. The molecule has 1 aliphatic heterocycles. The van der Waals surface area contributed by atoms with E-state index < -0.39 is 4.92 Å². The number of nitro groups is 1. The van der Waals surface area contributed by atoms with E-state index in [1.54, 1.807) is 0 Å². The van der Waals surface area contributed by atoms with Crippen LogP contribution in [0.25, 0.3) is 0 Å². The molecule has 0 saturated carbocycles. The molecule has 3 rings (SSSR count). The lowest BCUT2D eigenvalue weighted by Crippen LogP contribution is -3.15. The molecule has 0 bridgehead atoms. The highest BCUT2D eigenvalue weighted by Crippen LogP contribution is 2.26. The number of hydrogen-bond acceptors (Lipinski definition) is 4. The molecule has 1 amide bonds. The number of nitrogens with one attached hydrogen (secondary N) is 2. The summed E-state index contributed by atoms with van der Waals surface area (Å²) in [5, 5.41) is 14.3. The molecule has 0 unspecified atom stereocenters. The summed E-state index contributed by atoms with van der Waals surface area (Å²) in [6.45, 7) is 3.64. The monoisotopic (exact) mass is 409 g/mol. The molecule has 2 N–H and O–H groups in total. The number of quaternary nitrogens is 1. The first-order valence-electron chi connectivity index (χ1n) is 8.50. The van der Waals surface area contributed by atoms with Gasteiger partial charge in [0.15, 0.2) is 6.54 Å². The van der Waals surface area contributed by atoms with Crippen LogP contribution in [0.1, 0.15) is 0 Å². The minimum Gasteiger partial charge on any atom is -0.360 e. The maximum atomic E-state index is 12.3. The van der Waals surface area contributed by atoms with Gasteiger partial charge in [0.1, 0.15) is 0 Å². The largest absolute Gasteiger partial charge is 0.360 e. The van der Waals surface area contributed by atoms with Crippen molar-refractivity contribution < 1.29 is 14.6 Å². The van der Waals surface area contributed by atoms with E-state index in [0.29, 0.717) is 17.3 Å². The number of piperazine rings is 1. The summed E-state index contributed by atoms with van der Waals surface area (Å²) < 4.78 is 0. The van der Waals surface area contributed by atoms with Gasteiger partial charge in [-0.2, -0.15) is 0 Å². The van der Waals surface area contributed by atoms with Gasteiger partial charge >= 0.3 is 0 Å². The van der Waals surface area contributed by atoms with Crippen LogP contribution in [0, 0.1) is 10.1 Å². The summed E-state index contributed by atoms with van der Waals surface area (Å²) in [7, 11) is 0. The molecule has 0 spiro atoms. The van der Waals surface area contributed by atoms with Crippen molar-refractivity contribution in [3.05, 3.63) is 62.6 Å². The van der Waals surface area contributed by atoms with Crippen LogP contribution in [0.5, 0.6) is 0 Å². The molecule has 1 fully saturated rings. The summed E-state index contributed by atoms with van der Waals surface area (Å²) >= 11 is 12.1. The highest BCUT2D eigenvalue weighted by molar-refractivity contribution is 6.34. The Hall–Kier alpha value is -2.35. The molecule has 7 nitrogen and oxygen atoms in total. The molecule has 0 atom stereocenters. The molecular formula is C18H19Cl2N4O3+. The molecule has 0 aromatic heterocycles. The van der Waals surface area contributed by atoms with Crippen molar-refractivity contribution in [2.45, 2.75) is 0 Å². The van der Waals surface area contributed by atoms with Gasteiger partial charge in [-0.3, -0.25) is 14.9 Å². The zero-order valence-electron chi connectivity index (χ0n) is 14.5. The lowest BCUT2D eigenvalue weighted by molar-refractivity contribution is -0.892. The molecule has 1 heterocycles. The summed E-state index contributed by atoms with van der Waals surface area (Å²) in [6.07, 6.45) is 0. The SMILES string of the molecule is O=C(C[NH+]1CCN(c2cccc(Cl)c2)CC1)Nc1ccc([N+](=O)[O-])cc1Cl. The second kappa shape index (κ2) is 8.56. The Labute approximate surface area is 166 Å². The average Bonchev–Trinajstić information content (AvgIpc) is 2.64. The number of halogens is 2. The summed E-state index contributed by atoms with van der Waals surface area (Å²) in [5.41, 5.74) is 1.36. The van der Waals surface area contributed by atoms with E-state index in [1.807, 2.05) is 24.3 Å². The molecule has 0 aliphatic carbocycles. The molecule has 9 heteroatoms. The molecular weight excluding hydrogens is 391 g/mol. The van der Waals surface area contributed by atoms with E-state index in [2.05, 4.69) is 10.2 Å². The maximum absolute atomic E-state index is 12.3. The minimum atomic E-state index is -0.527. The molecule has 27 heavy (non-hydrogen) atoms. The van der Waals surface area contributed by atoms with Crippen molar-refractivity contribution in [3.8, 4) is 0 Å². The summed E-state index contributed by atoms with van der Waals surface area (Å²) in [4.78, 5) is 25.9. The van der Waals surface area contributed by atoms with E-state index in [1.165, 1.54) is 23.1 Å². The average molecular weight is 410 g/mol. The summed E-state index contributed by atoms with van der Waals surface area (Å²) in [5.74, 6) is -0.169. The van der Waals surface area contributed by atoms with Crippen LogP contribution in [0.3, 0.4) is 0 Å². The zero-order chi connectivity index (χ0) is 19.4. The Kier molecular flexibility index (Phi) is 6.15. The van der Waals surface area contributed by atoms with E-state index in [0.717, 1.165) is 31.9 Å². The topological polar surface area (TPSA) is 79.9 Å². The number of anilines is 2. The second-order valence-electron chi connectivity index (χ2n) is 6.36. The van der Waals surface area contributed by atoms with Gasteiger partial charge in [0.2, 0.25) is 0 Å². The zero-order valence-corrected chi connectivity index (χ0v) is 16.0. The van der Waals surface area contributed by atoms with Crippen LogP contribution in [0.2, 0.25) is 10.0 Å². The van der Waals surface area contributed by atoms with Gasteiger partial charge in [-0.1, -0.05) is 29.3 Å². The number of nitrogens with zero attached hydrogens (tertiary/aromatic N) is 2. The third-order valence-corrected chi connectivity index (χ3v) is 5.04. The number of non-ortho nitro benzene ring substituents is 1. The maximum Gasteiger partial charge on any atom is 0.279 e. The van der Waals surface area contributed by atoms with E-state index >= 15 is 0 Å². The molecule has 2 aromatic carbocycles. The highest BCUT2D eigenvalue weighted by Gasteiger charge is 2.23. The van der Waals surface area contributed by atoms with Crippen molar-refractivity contribution in [1.29, 1.82) is 0 Å². The Morgan fingerprint density at radius 1 is 1.19 bits per heavy atom. The quantitative estimate of drug-likeness (QED) is 0.586. The lowest BCUT2D eigenvalue weighted by atomic mass is 10.2. The fourth-order valence-corrected chi connectivity index (χ4v) is 3.48. The Bertz CT molecular complexity index is 854. The second-order valence-corrected chi connectivity index (χ2v) is 7.21. The highest BCUT2D eigenvalue weighted by atomic mass is 35.5. The van der Waals surface area contributed by atoms with Gasteiger partial charge in [0, 0.05) is 22.8 Å². The number of nitro benzene ring substituents is 1. The predicted molar refractivity (Wildman–Crippen MR) is 106 cm³/mol. The normalized spacial score (nSPS) is 14.8. The van der Waals surface area contributed by atoms with Gasteiger partial charge in [-0.15, -0.1) is 0 Å². The third kappa shape index (κ3) is 5.09. The van der Waals surface area contributed by atoms with Crippen LogP contribution in [-0.2, 0) is 4.79 Å². The van der Waals surface area contributed by atoms with Crippen LogP contribution in [0.4, 0.5) is 17.1 Å². The van der Waals surface area contributed by atoms with E-state index in [4.69, 9.17) is 23.2 Å². The fraction of sp³-hybridized carbons (Fsp3) is 0.278.